The number of halogens is 1. The molecular formula is C18H22FN5O8S. The Balaban J connectivity index is 2.26. The monoisotopic (exact) mass is 487 g/mol. The summed E-state index contributed by atoms with van der Waals surface area (Å²) in [5.74, 6) is -2.69. The molecule has 0 aromatic carbocycles. The van der Waals surface area contributed by atoms with Crippen molar-refractivity contribution in [2.75, 3.05) is 32.8 Å². The Morgan fingerprint density at radius 3 is 2.39 bits per heavy atom. The molecule has 0 saturated carbocycles. The first kappa shape index (κ1) is 25.7. The van der Waals surface area contributed by atoms with Crippen LogP contribution in [0.25, 0.3) is 0 Å². The molecule has 0 aliphatic carbocycles. The van der Waals surface area contributed by atoms with E-state index in [1.807, 2.05) is 0 Å². The summed E-state index contributed by atoms with van der Waals surface area (Å²) < 4.78 is 56.5. The van der Waals surface area contributed by atoms with Crippen molar-refractivity contribution in [3.05, 3.63) is 30.1 Å². The van der Waals surface area contributed by atoms with Crippen molar-refractivity contribution in [3.8, 4) is 11.8 Å². The molecule has 2 unspecified atom stereocenters. The number of ether oxygens (including phenoxy) is 3. The maximum atomic E-state index is 14.2. The molecule has 0 saturated heterocycles. The summed E-state index contributed by atoms with van der Waals surface area (Å²) in [7, 11) is -1.90. The summed E-state index contributed by atoms with van der Waals surface area (Å²) in [6.07, 6.45) is -0.411. The fourth-order valence-corrected chi connectivity index (χ4v) is 3.73. The topological polar surface area (TPSA) is 179 Å². The molecule has 2 amide bonds. The Hall–Kier alpha value is -3.59. The molecule has 180 valence electrons. The van der Waals surface area contributed by atoms with E-state index in [0.717, 1.165) is 13.0 Å². The number of alkyl halides is 1. The summed E-state index contributed by atoms with van der Waals surface area (Å²) in [6, 6.07) is 2.53. The fourth-order valence-electron chi connectivity index (χ4n) is 2.58. The fraction of sp³-hybridized carbons (Fsp3) is 0.389. The molecule has 0 radical (unpaired) electrons. The minimum absolute atomic E-state index is 0.0516. The Bertz CT molecular complexity index is 1080. The Morgan fingerprint density at radius 1 is 1.21 bits per heavy atom. The van der Waals surface area contributed by atoms with Gasteiger partial charge >= 0.3 is 12.0 Å². The van der Waals surface area contributed by atoms with Crippen LogP contribution in [0.4, 0.5) is 15.1 Å². The average molecular weight is 487 g/mol. The maximum absolute atomic E-state index is 14.2. The van der Waals surface area contributed by atoms with Gasteiger partial charge < -0.3 is 19.3 Å². The molecule has 0 fully saturated rings. The quantitative estimate of drug-likeness (QED) is 0.411. The zero-order chi connectivity index (χ0) is 24.6. The van der Waals surface area contributed by atoms with Crippen molar-refractivity contribution in [2.24, 2.45) is 0 Å². The second-order valence-corrected chi connectivity index (χ2v) is 8.07. The predicted molar refractivity (Wildman–Crippen MR) is 110 cm³/mol. The lowest BCUT2D eigenvalue weighted by Gasteiger charge is -2.20. The molecule has 2 aromatic rings. The first-order chi connectivity index (χ1) is 15.6. The van der Waals surface area contributed by atoms with Crippen LogP contribution < -0.4 is 19.5 Å². The summed E-state index contributed by atoms with van der Waals surface area (Å²) >= 11 is 0. The first-order valence-electron chi connectivity index (χ1n) is 9.26. The third-order valence-corrected chi connectivity index (χ3v) is 5.45. The summed E-state index contributed by atoms with van der Waals surface area (Å²) in [5.41, 5.74) is -0.238. The Morgan fingerprint density at radius 2 is 1.85 bits per heavy atom. The summed E-state index contributed by atoms with van der Waals surface area (Å²) in [4.78, 5) is 34.1. The number of carboxylic acid groups (broad SMARTS) is 1. The van der Waals surface area contributed by atoms with Gasteiger partial charge in [0.2, 0.25) is 17.7 Å². The van der Waals surface area contributed by atoms with Crippen LogP contribution in [0.5, 0.6) is 11.8 Å². The van der Waals surface area contributed by atoms with E-state index in [2.05, 4.69) is 20.3 Å². The highest BCUT2D eigenvalue weighted by molar-refractivity contribution is 7.90. The largest absolute Gasteiger partial charge is 0.481 e. The van der Waals surface area contributed by atoms with Gasteiger partial charge in [0.05, 0.1) is 38.5 Å². The van der Waals surface area contributed by atoms with Crippen LogP contribution in [-0.4, -0.2) is 74.1 Å². The van der Waals surface area contributed by atoms with E-state index in [-0.39, 0.29) is 23.4 Å². The number of amides is 2. The molecule has 0 aliphatic rings. The van der Waals surface area contributed by atoms with Gasteiger partial charge in [-0.2, -0.15) is 9.97 Å². The number of hydrogen-bond acceptors (Lipinski definition) is 10. The minimum atomic E-state index is -4.54. The molecular weight excluding hydrogens is 465 g/mol. The van der Waals surface area contributed by atoms with E-state index in [1.165, 1.54) is 32.5 Å². The number of hydrogen-bond donors (Lipinski definition) is 3. The molecule has 2 atom stereocenters. The molecule has 33 heavy (non-hydrogen) atoms. The number of rotatable bonds is 11. The number of pyridine rings is 1. The lowest BCUT2D eigenvalue weighted by atomic mass is 10.0. The number of carboxylic acids is 1. The van der Waals surface area contributed by atoms with Crippen molar-refractivity contribution in [3.63, 3.8) is 0 Å². The average Bonchev–Trinajstić information content (AvgIpc) is 2.75. The van der Waals surface area contributed by atoms with E-state index in [0.29, 0.717) is 0 Å². The van der Waals surface area contributed by atoms with Gasteiger partial charge in [-0.05, 0) is 19.1 Å². The normalized spacial score (nSPS) is 13.0. The van der Waals surface area contributed by atoms with E-state index < -0.39 is 52.2 Å². The molecule has 15 heteroatoms. The summed E-state index contributed by atoms with van der Waals surface area (Å²) in [5, 5.41) is 10.8. The van der Waals surface area contributed by atoms with E-state index in [1.54, 1.807) is 4.72 Å². The zero-order valence-corrected chi connectivity index (χ0v) is 18.6. The van der Waals surface area contributed by atoms with Gasteiger partial charge in [0.25, 0.3) is 10.0 Å². The molecule has 3 N–H and O–H groups in total. The van der Waals surface area contributed by atoms with Crippen LogP contribution in [0.1, 0.15) is 18.5 Å². The van der Waals surface area contributed by atoms with Gasteiger partial charge in [0, 0.05) is 6.20 Å². The third kappa shape index (κ3) is 7.21. The predicted octanol–water partition coefficient (Wildman–Crippen LogP) is 0.942. The van der Waals surface area contributed by atoms with Crippen LogP contribution in [0.15, 0.2) is 29.3 Å². The van der Waals surface area contributed by atoms with Crippen molar-refractivity contribution in [2.45, 2.75) is 23.9 Å². The number of anilines is 1. The standard InChI is InChI=1S/C18H22FN5O8S/c1-10(19)11(8-32-9-15(25)26)16-12(5-4-6-20-16)33(28,29)24-18(27)23-17-21-13(30-2)7-14(22-17)31-3/h4-7,10-11H,8-9H2,1-3H3,(H,25,26)(H2,21,22,23,24,27). The van der Waals surface area contributed by atoms with Crippen LogP contribution in [0.3, 0.4) is 0 Å². The maximum Gasteiger partial charge on any atom is 0.335 e. The second-order valence-electron chi connectivity index (χ2n) is 6.42. The van der Waals surface area contributed by atoms with E-state index in [4.69, 9.17) is 19.3 Å². The number of aliphatic carboxylic acids is 1. The van der Waals surface area contributed by atoms with Crippen LogP contribution >= 0.6 is 0 Å². The van der Waals surface area contributed by atoms with E-state index >= 15 is 0 Å². The van der Waals surface area contributed by atoms with Gasteiger partial charge in [-0.25, -0.2) is 27.1 Å². The SMILES string of the molecule is COc1cc(OC)nc(NC(=O)NS(=O)(=O)c2cccnc2C(COCC(=O)O)C(C)F)n1. The molecule has 2 heterocycles. The number of nitrogens with one attached hydrogen (secondary N) is 2. The van der Waals surface area contributed by atoms with Gasteiger partial charge in [-0.3, -0.25) is 10.3 Å². The van der Waals surface area contributed by atoms with Gasteiger partial charge in [0.15, 0.2) is 0 Å². The minimum Gasteiger partial charge on any atom is -0.481 e. The molecule has 2 aromatic heterocycles. The highest BCUT2D eigenvalue weighted by atomic mass is 32.2. The molecule has 0 aliphatic heterocycles. The van der Waals surface area contributed by atoms with Crippen LogP contribution in [0.2, 0.25) is 0 Å². The van der Waals surface area contributed by atoms with Gasteiger partial charge in [-0.15, -0.1) is 0 Å². The molecule has 2 rings (SSSR count). The first-order valence-corrected chi connectivity index (χ1v) is 10.7. The van der Waals surface area contributed by atoms with Crippen molar-refractivity contribution >= 4 is 28.0 Å². The number of carbonyl (C=O) groups is 2. The lowest BCUT2D eigenvalue weighted by Crippen LogP contribution is -2.36. The summed E-state index contributed by atoms with van der Waals surface area (Å²) in [6.45, 7) is -0.0105. The molecule has 0 bridgehead atoms. The second kappa shape index (κ2) is 11.3. The van der Waals surface area contributed by atoms with Crippen molar-refractivity contribution in [1.82, 2.24) is 19.7 Å². The number of carbonyl (C=O) groups excluding carboxylic acids is 1. The number of urea groups is 1. The highest BCUT2D eigenvalue weighted by Crippen LogP contribution is 2.27. The Labute approximate surface area is 188 Å². The smallest absolute Gasteiger partial charge is 0.335 e. The van der Waals surface area contributed by atoms with Crippen LogP contribution in [0, 0.1) is 0 Å². The van der Waals surface area contributed by atoms with Gasteiger partial charge in [-0.1, -0.05) is 0 Å². The van der Waals surface area contributed by atoms with E-state index in [9.17, 15) is 22.4 Å². The van der Waals surface area contributed by atoms with Gasteiger partial charge in [0.1, 0.15) is 17.7 Å². The molecule has 13 nitrogen and oxygen atoms in total. The molecule has 0 spiro atoms. The highest BCUT2D eigenvalue weighted by Gasteiger charge is 2.30. The third-order valence-electron chi connectivity index (χ3n) is 4.07. The number of methoxy groups -OCH3 is 2. The van der Waals surface area contributed by atoms with Crippen LogP contribution in [-0.2, 0) is 19.6 Å². The van der Waals surface area contributed by atoms with Crippen molar-refractivity contribution in [1.29, 1.82) is 0 Å². The number of nitrogens with zero attached hydrogens (tertiary/aromatic N) is 3. The number of aromatic nitrogens is 3. The number of sulfonamides is 1. The lowest BCUT2D eigenvalue weighted by molar-refractivity contribution is -0.142. The Kier molecular flexibility index (Phi) is 8.81. The zero-order valence-electron chi connectivity index (χ0n) is 17.8. The van der Waals surface area contributed by atoms with Crippen molar-refractivity contribution < 1.29 is 41.7 Å².